The van der Waals surface area contributed by atoms with E-state index in [-0.39, 0.29) is 0 Å². The Kier molecular flexibility index (Phi) is 2.42. The zero-order valence-electron chi connectivity index (χ0n) is 6.47. The SMILES string of the molecule is O=Cc1c[nH]c2cc(I)cc(Br)c12. The average molecular weight is 350 g/mol. The second-order valence-electron chi connectivity index (χ2n) is 2.67. The molecular weight excluding hydrogens is 345 g/mol. The third-order valence-corrected chi connectivity index (χ3v) is 3.10. The van der Waals surface area contributed by atoms with E-state index in [1.54, 1.807) is 6.20 Å². The highest BCUT2D eigenvalue weighted by atomic mass is 127. The molecule has 0 aliphatic rings. The first-order valence-electron chi connectivity index (χ1n) is 3.63. The van der Waals surface area contributed by atoms with Crippen LogP contribution in [0.4, 0.5) is 0 Å². The van der Waals surface area contributed by atoms with Crippen molar-refractivity contribution in [2.45, 2.75) is 0 Å². The molecule has 2 rings (SSSR count). The van der Waals surface area contributed by atoms with Gasteiger partial charge in [0.1, 0.15) is 0 Å². The molecule has 13 heavy (non-hydrogen) atoms. The Morgan fingerprint density at radius 2 is 2.23 bits per heavy atom. The van der Waals surface area contributed by atoms with Gasteiger partial charge in [-0.15, -0.1) is 0 Å². The fraction of sp³-hybridized carbons (Fsp3) is 0. The van der Waals surface area contributed by atoms with E-state index >= 15 is 0 Å². The zero-order valence-corrected chi connectivity index (χ0v) is 10.2. The first-order chi connectivity index (χ1) is 6.22. The number of fused-ring (bicyclic) bond motifs is 1. The molecule has 1 aromatic carbocycles. The minimum Gasteiger partial charge on any atom is -0.360 e. The summed E-state index contributed by atoms with van der Waals surface area (Å²) in [5.41, 5.74) is 1.68. The van der Waals surface area contributed by atoms with Crippen LogP contribution in [0.1, 0.15) is 10.4 Å². The summed E-state index contributed by atoms with van der Waals surface area (Å²) in [4.78, 5) is 13.7. The lowest BCUT2D eigenvalue weighted by Crippen LogP contribution is -1.78. The Hall–Kier alpha value is -0.360. The van der Waals surface area contributed by atoms with Crippen LogP contribution in [0.5, 0.6) is 0 Å². The monoisotopic (exact) mass is 349 g/mol. The molecular formula is C9H5BrINO. The Morgan fingerprint density at radius 3 is 2.92 bits per heavy atom. The lowest BCUT2D eigenvalue weighted by Gasteiger charge is -1.96. The summed E-state index contributed by atoms with van der Waals surface area (Å²) in [6.07, 6.45) is 2.58. The van der Waals surface area contributed by atoms with Crippen molar-refractivity contribution >= 4 is 55.7 Å². The van der Waals surface area contributed by atoms with Crippen molar-refractivity contribution in [1.82, 2.24) is 4.98 Å². The zero-order chi connectivity index (χ0) is 9.42. The number of halogens is 2. The van der Waals surface area contributed by atoms with Crippen LogP contribution in [-0.2, 0) is 0 Å². The molecule has 4 heteroatoms. The lowest BCUT2D eigenvalue weighted by atomic mass is 10.2. The van der Waals surface area contributed by atoms with Crippen molar-refractivity contribution in [3.05, 3.63) is 31.9 Å². The van der Waals surface area contributed by atoms with E-state index < -0.39 is 0 Å². The molecule has 0 saturated heterocycles. The standard InChI is InChI=1S/C9H5BrINO/c10-7-1-6(11)2-8-9(7)5(4-13)3-12-8/h1-4,12H. The number of nitrogens with one attached hydrogen (secondary N) is 1. The van der Waals surface area contributed by atoms with Gasteiger partial charge in [-0.2, -0.15) is 0 Å². The third-order valence-electron chi connectivity index (χ3n) is 1.85. The average Bonchev–Trinajstić information content (AvgIpc) is 2.47. The summed E-state index contributed by atoms with van der Waals surface area (Å²) >= 11 is 5.67. The Balaban J connectivity index is 2.89. The summed E-state index contributed by atoms with van der Waals surface area (Å²) in [5, 5.41) is 0.954. The smallest absolute Gasteiger partial charge is 0.152 e. The van der Waals surface area contributed by atoms with Gasteiger partial charge in [-0.3, -0.25) is 4.79 Å². The minimum atomic E-state index is 0.693. The number of carbonyl (C=O) groups is 1. The van der Waals surface area contributed by atoms with Crippen LogP contribution in [-0.4, -0.2) is 11.3 Å². The number of carbonyl (C=O) groups excluding carboxylic acids is 1. The van der Waals surface area contributed by atoms with E-state index in [1.807, 2.05) is 12.1 Å². The summed E-state index contributed by atoms with van der Waals surface area (Å²) in [6.45, 7) is 0. The van der Waals surface area contributed by atoms with Gasteiger partial charge in [0.25, 0.3) is 0 Å². The normalized spacial score (nSPS) is 10.6. The molecule has 0 radical (unpaired) electrons. The van der Waals surface area contributed by atoms with Crippen molar-refractivity contribution in [2.75, 3.05) is 0 Å². The maximum Gasteiger partial charge on any atom is 0.152 e. The van der Waals surface area contributed by atoms with E-state index in [0.717, 1.165) is 25.2 Å². The van der Waals surface area contributed by atoms with Gasteiger partial charge in [-0.25, -0.2) is 0 Å². The number of benzene rings is 1. The molecule has 0 unspecified atom stereocenters. The van der Waals surface area contributed by atoms with Crippen LogP contribution in [0.3, 0.4) is 0 Å². The van der Waals surface area contributed by atoms with Crippen LogP contribution in [0.15, 0.2) is 22.8 Å². The molecule has 1 aromatic heterocycles. The van der Waals surface area contributed by atoms with Crippen LogP contribution >= 0.6 is 38.5 Å². The molecule has 0 aliphatic heterocycles. The predicted molar refractivity (Wildman–Crippen MR) is 64.1 cm³/mol. The van der Waals surface area contributed by atoms with Gasteiger partial charge < -0.3 is 4.98 Å². The quantitative estimate of drug-likeness (QED) is 0.621. The largest absolute Gasteiger partial charge is 0.360 e. The number of rotatable bonds is 1. The summed E-state index contributed by atoms with van der Waals surface area (Å²) in [5.74, 6) is 0. The molecule has 66 valence electrons. The molecule has 1 heterocycles. The maximum absolute atomic E-state index is 10.7. The van der Waals surface area contributed by atoms with Gasteiger partial charge in [0.15, 0.2) is 6.29 Å². The van der Waals surface area contributed by atoms with Gasteiger partial charge in [0.05, 0.1) is 0 Å². The highest BCUT2D eigenvalue weighted by Crippen LogP contribution is 2.28. The number of hydrogen-bond acceptors (Lipinski definition) is 1. The Bertz CT molecular complexity index is 478. The molecule has 0 spiro atoms. The van der Waals surface area contributed by atoms with Gasteiger partial charge >= 0.3 is 0 Å². The fourth-order valence-electron chi connectivity index (χ4n) is 1.30. The Morgan fingerprint density at radius 1 is 1.46 bits per heavy atom. The second kappa shape index (κ2) is 3.42. The van der Waals surface area contributed by atoms with E-state index in [9.17, 15) is 4.79 Å². The van der Waals surface area contributed by atoms with Gasteiger partial charge in [0.2, 0.25) is 0 Å². The highest BCUT2D eigenvalue weighted by molar-refractivity contribution is 14.1. The summed E-state index contributed by atoms with van der Waals surface area (Å²) in [6, 6.07) is 4.00. The van der Waals surface area contributed by atoms with E-state index in [4.69, 9.17) is 0 Å². The molecule has 0 fully saturated rings. The molecule has 2 nitrogen and oxygen atoms in total. The van der Waals surface area contributed by atoms with Crippen LogP contribution < -0.4 is 0 Å². The highest BCUT2D eigenvalue weighted by Gasteiger charge is 2.06. The van der Waals surface area contributed by atoms with E-state index in [2.05, 4.69) is 43.5 Å². The first-order valence-corrected chi connectivity index (χ1v) is 5.51. The minimum absolute atomic E-state index is 0.693. The van der Waals surface area contributed by atoms with Crippen molar-refractivity contribution in [1.29, 1.82) is 0 Å². The molecule has 0 saturated carbocycles. The van der Waals surface area contributed by atoms with Gasteiger partial charge in [-0.05, 0) is 34.7 Å². The van der Waals surface area contributed by atoms with Crippen LogP contribution in [0.2, 0.25) is 0 Å². The van der Waals surface area contributed by atoms with Crippen molar-refractivity contribution in [2.24, 2.45) is 0 Å². The lowest BCUT2D eigenvalue weighted by molar-refractivity contribution is 0.112. The topological polar surface area (TPSA) is 32.9 Å². The second-order valence-corrected chi connectivity index (χ2v) is 4.77. The maximum atomic E-state index is 10.7. The summed E-state index contributed by atoms with van der Waals surface area (Å²) < 4.78 is 2.09. The fourth-order valence-corrected chi connectivity index (χ4v) is 3.04. The molecule has 0 atom stereocenters. The van der Waals surface area contributed by atoms with Crippen LogP contribution in [0.25, 0.3) is 10.9 Å². The number of aromatic amines is 1. The molecule has 1 N–H and O–H groups in total. The van der Waals surface area contributed by atoms with Gasteiger partial charge in [-0.1, -0.05) is 15.9 Å². The number of aromatic nitrogens is 1. The van der Waals surface area contributed by atoms with Crippen molar-refractivity contribution < 1.29 is 4.79 Å². The number of H-pyrrole nitrogens is 1. The van der Waals surface area contributed by atoms with Gasteiger partial charge in [0, 0.05) is 30.7 Å². The van der Waals surface area contributed by atoms with E-state index in [1.165, 1.54) is 0 Å². The molecule has 2 aromatic rings. The summed E-state index contributed by atoms with van der Waals surface area (Å²) in [7, 11) is 0. The third kappa shape index (κ3) is 1.52. The Labute approximate surface area is 97.0 Å². The predicted octanol–water partition coefficient (Wildman–Crippen LogP) is 3.35. The molecule has 0 amide bonds. The number of aldehydes is 1. The van der Waals surface area contributed by atoms with Crippen LogP contribution in [0, 0.1) is 3.57 Å². The van der Waals surface area contributed by atoms with E-state index in [0.29, 0.717) is 5.56 Å². The number of hydrogen-bond donors (Lipinski definition) is 1. The molecule has 0 aliphatic carbocycles. The molecule has 0 bridgehead atoms. The first kappa shape index (κ1) is 9.21. The van der Waals surface area contributed by atoms with Crippen molar-refractivity contribution in [3.8, 4) is 0 Å². The van der Waals surface area contributed by atoms with Crippen molar-refractivity contribution in [3.63, 3.8) is 0 Å².